The minimum atomic E-state index is -4.51. The number of aromatic nitrogens is 1. The molecule has 1 aromatic heterocycles. The van der Waals surface area contributed by atoms with Gasteiger partial charge in [0.15, 0.2) is 0 Å². The Morgan fingerprint density at radius 2 is 1.31 bits per heavy atom. The summed E-state index contributed by atoms with van der Waals surface area (Å²) in [7, 11) is 2.36. The quantitative estimate of drug-likeness (QED) is 0.0241. The molecule has 3 aromatic carbocycles. The van der Waals surface area contributed by atoms with Crippen molar-refractivity contribution in [3.05, 3.63) is 106 Å². The SMILES string of the molecule is CCN(CCCC(=O)NCCCCC(CCCCCCCOP(=O)(O)O)(CCCCC(=O)Cc1c(C)n(C(=O)c2ccc(Cl)cc2)c2ccc(OC)cc12)CCCNC(=O)CCCOc1cc(OC)cc(OC)c1)CC1=CC=CC(C)N1C. The van der Waals surface area contributed by atoms with Crippen LogP contribution in [0.1, 0.15) is 157 Å². The normalized spacial score (nSPS) is 14.1. The number of allylic oxidation sites excluding steroid dienone is 2. The van der Waals surface area contributed by atoms with Gasteiger partial charge in [0, 0.05) is 104 Å². The van der Waals surface area contributed by atoms with E-state index in [0.717, 1.165) is 114 Å². The van der Waals surface area contributed by atoms with Crippen molar-refractivity contribution in [1.29, 1.82) is 0 Å². The van der Waals surface area contributed by atoms with Crippen LogP contribution in [0, 0.1) is 12.3 Å². The Hall–Kier alpha value is -5.68. The number of unbranched alkanes of at least 4 members (excludes halogenated alkanes) is 6. The van der Waals surface area contributed by atoms with Crippen molar-refractivity contribution in [2.45, 2.75) is 155 Å². The maximum Gasteiger partial charge on any atom is 0.469 e. The zero-order valence-corrected chi connectivity index (χ0v) is 52.0. The van der Waals surface area contributed by atoms with Crippen molar-refractivity contribution < 1.29 is 57.0 Å². The number of ketones is 1. The molecule has 83 heavy (non-hydrogen) atoms. The van der Waals surface area contributed by atoms with Gasteiger partial charge in [0.05, 0.1) is 40.1 Å². The summed E-state index contributed by atoms with van der Waals surface area (Å²) in [5.74, 6) is 2.34. The molecule has 458 valence electrons. The number of rotatable bonds is 41. The predicted octanol–water partition coefficient (Wildman–Crippen LogP) is 12.3. The van der Waals surface area contributed by atoms with E-state index in [9.17, 15) is 23.7 Å². The van der Waals surface area contributed by atoms with Gasteiger partial charge in [-0.25, -0.2) is 4.57 Å². The topological polar surface area (TPSA) is 207 Å². The molecule has 5 rings (SSSR count). The first-order valence-corrected chi connectivity index (χ1v) is 31.7. The molecule has 2 atom stereocenters. The molecule has 19 heteroatoms. The third kappa shape index (κ3) is 23.4. The molecule has 2 unspecified atom stereocenters. The van der Waals surface area contributed by atoms with Crippen LogP contribution in [0.3, 0.4) is 0 Å². The summed E-state index contributed by atoms with van der Waals surface area (Å²) in [6.45, 7) is 10.3. The second-order valence-electron chi connectivity index (χ2n) is 22.0. The highest BCUT2D eigenvalue weighted by molar-refractivity contribution is 7.46. The molecule has 2 heterocycles. The van der Waals surface area contributed by atoms with Crippen LogP contribution >= 0.6 is 19.4 Å². The van der Waals surface area contributed by atoms with E-state index in [1.165, 1.54) is 5.70 Å². The van der Waals surface area contributed by atoms with Crippen molar-refractivity contribution >= 4 is 53.8 Å². The molecular weight excluding hydrogens is 1100 g/mol. The van der Waals surface area contributed by atoms with Gasteiger partial charge in [-0.1, -0.05) is 69.2 Å². The summed E-state index contributed by atoms with van der Waals surface area (Å²) in [4.78, 5) is 77.3. The molecule has 0 saturated carbocycles. The summed E-state index contributed by atoms with van der Waals surface area (Å²) in [6, 6.07) is 18.0. The van der Waals surface area contributed by atoms with E-state index >= 15 is 0 Å². The van der Waals surface area contributed by atoms with Crippen LogP contribution in [0.4, 0.5) is 0 Å². The van der Waals surface area contributed by atoms with Crippen LogP contribution in [0.2, 0.25) is 5.02 Å². The molecule has 0 fully saturated rings. The number of amides is 2. The first-order chi connectivity index (χ1) is 39.9. The monoisotopic (exact) mass is 1190 g/mol. The first kappa shape index (κ1) is 68.1. The lowest BCUT2D eigenvalue weighted by atomic mass is 9.71. The van der Waals surface area contributed by atoms with E-state index in [0.29, 0.717) is 109 Å². The number of likely N-dealkylation sites (N-methyl/N-ethyl adjacent to an activating group) is 2. The summed E-state index contributed by atoms with van der Waals surface area (Å²) in [5, 5.41) is 7.66. The first-order valence-electron chi connectivity index (χ1n) is 29.8. The maximum atomic E-state index is 14.1. The fraction of sp³-hybridized carbons (Fsp3) is 0.562. The number of carbonyl (C=O) groups is 4. The summed E-state index contributed by atoms with van der Waals surface area (Å²) < 4.78 is 39.8. The number of nitrogens with zero attached hydrogens (tertiary/aromatic N) is 3. The maximum absolute atomic E-state index is 14.1. The second kappa shape index (κ2) is 35.6. The molecule has 2 amide bonds. The number of benzene rings is 3. The molecule has 4 aromatic rings. The second-order valence-corrected chi connectivity index (χ2v) is 23.7. The van der Waals surface area contributed by atoms with E-state index in [1.807, 2.05) is 25.1 Å². The average Bonchev–Trinajstić information content (AvgIpc) is 2.63. The van der Waals surface area contributed by atoms with Crippen molar-refractivity contribution in [2.24, 2.45) is 5.41 Å². The van der Waals surface area contributed by atoms with Crippen LogP contribution in [0.15, 0.2) is 84.6 Å². The van der Waals surface area contributed by atoms with Crippen molar-refractivity contribution in [3.63, 3.8) is 0 Å². The largest absolute Gasteiger partial charge is 0.497 e. The third-order valence-electron chi connectivity index (χ3n) is 16.0. The predicted molar refractivity (Wildman–Crippen MR) is 329 cm³/mol. The highest BCUT2D eigenvalue weighted by atomic mass is 35.5. The number of phosphoric ester groups is 1. The number of hydrogen-bond acceptors (Lipinski definition) is 12. The smallest absolute Gasteiger partial charge is 0.469 e. The highest BCUT2D eigenvalue weighted by Crippen LogP contribution is 2.42. The van der Waals surface area contributed by atoms with E-state index in [2.05, 4.69) is 64.1 Å². The lowest BCUT2D eigenvalue weighted by Gasteiger charge is -2.35. The van der Waals surface area contributed by atoms with Gasteiger partial charge in [-0.05, 0) is 151 Å². The Balaban J connectivity index is 1.23. The van der Waals surface area contributed by atoms with E-state index in [1.54, 1.807) is 68.4 Å². The van der Waals surface area contributed by atoms with Crippen LogP contribution in [0.5, 0.6) is 23.0 Å². The van der Waals surface area contributed by atoms with Gasteiger partial charge in [0.1, 0.15) is 28.8 Å². The van der Waals surface area contributed by atoms with Crippen LogP contribution in [-0.2, 0) is 29.9 Å². The minimum Gasteiger partial charge on any atom is -0.497 e. The molecule has 1 aliphatic rings. The summed E-state index contributed by atoms with van der Waals surface area (Å²) >= 11 is 6.16. The number of hydrogen-bond donors (Lipinski definition) is 4. The van der Waals surface area contributed by atoms with Crippen LogP contribution in [0.25, 0.3) is 10.9 Å². The number of fused-ring (bicyclic) bond motifs is 1. The fourth-order valence-corrected chi connectivity index (χ4v) is 11.5. The number of ether oxygens (including phenoxy) is 4. The molecular formula is C64H93ClN5O12P. The van der Waals surface area contributed by atoms with Crippen molar-refractivity contribution in [1.82, 2.24) is 25.0 Å². The van der Waals surface area contributed by atoms with E-state index < -0.39 is 7.82 Å². The van der Waals surface area contributed by atoms with Gasteiger partial charge >= 0.3 is 7.82 Å². The van der Waals surface area contributed by atoms with Gasteiger partial charge in [0.2, 0.25) is 11.8 Å². The molecule has 0 radical (unpaired) electrons. The lowest BCUT2D eigenvalue weighted by Crippen LogP contribution is -2.36. The molecule has 1 aliphatic heterocycles. The lowest BCUT2D eigenvalue weighted by molar-refractivity contribution is -0.122. The number of carbonyl (C=O) groups excluding carboxylic acids is 4. The molecule has 0 spiro atoms. The average molecular weight is 1190 g/mol. The Morgan fingerprint density at radius 3 is 1.98 bits per heavy atom. The number of methoxy groups -OCH3 is 3. The van der Waals surface area contributed by atoms with Crippen molar-refractivity contribution in [2.75, 3.05) is 74.3 Å². The van der Waals surface area contributed by atoms with Gasteiger partial charge in [-0.3, -0.25) is 33.2 Å². The molecule has 0 bridgehead atoms. The van der Waals surface area contributed by atoms with Crippen LogP contribution in [-0.4, -0.2) is 128 Å². The van der Waals surface area contributed by atoms with Gasteiger partial charge in [-0.15, -0.1) is 0 Å². The Morgan fingerprint density at radius 1 is 0.711 bits per heavy atom. The summed E-state index contributed by atoms with van der Waals surface area (Å²) in [6.07, 6.45) is 20.7. The Labute approximate surface area is 498 Å². The number of Topliss-reactive ketones (excluding diaryl/α,β-unsaturated/α-hetero) is 1. The molecule has 17 nitrogen and oxygen atoms in total. The Kier molecular flexibility index (Phi) is 29.2. The molecule has 0 saturated heterocycles. The fourth-order valence-electron chi connectivity index (χ4n) is 11.0. The summed E-state index contributed by atoms with van der Waals surface area (Å²) in [5.41, 5.74) is 3.85. The zero-order chi connectivity index (χ0) is 60.2. The Bertz CT molecular complexity index is 2770. The zero-order valence-electron chi connectivity index (χ0n) is 50.3. The van der Waals surface area contributed by atoms with E-state index in [4.69, 9.17) is 40.3 Å². The molecule has 0 aliphatic carbocycles. The number of halogens is 1. The van der Waals surface area contributed by atoms with Crippen LogP contribution < -0.4 is 29.6 Å². The van der Waals surface area contributed by atoms with Crippen molar-refractivity contribution in [3.8, 4) is 23.0 Å². The number of phosphoric acid groups is 1. The van der Waals surface area contributed by atoms with E-state index in [-0.39, 0.29) is 41.9 Å². The standard InChI is InChI=1S/C64H93ClN5O12P/c1-8-69(47-52-23-18-22-48(2)68(52)4)39-19-25-61(72)66-37-16-15-35-64(33-13-10-9-11-17-41-82-83(75,76)77,36-21-38-67-62(73)26-20-40-81-57-44-55(79-6)43-56(45-57)80-7)34-14-12-24-53(71)42-58-49(3)70(60-32-31-54(78-5)46-59(58)60)63(74)50-27-29-51(65)30-28-50/h18,22-23,27-32,43-46,48H,8-17,19-21,24-26,33-42,47H2,1-7H3,(H,66,72)(H,67,73)(H2,75,76,77). The third-order valence-corrected chi connectivity index (χ3v) is 16.8. The highest BCUT2D eigenvalue weighted by Gasteiger charge is 2.29. The minimum absolute atomic E-state index is 0.00187. The van der Waals surface area contributed by atoms with Gasteiger partial charge < -0.3 is 44.3 Å². The number of nitrogens with one attached hydrogen (secondary N) is 2. The van der Waals surface area contributed by atoms with Gasteiger partial charge in [-0.2, -0.15) is 0 Å². The molecule has 4 N–H and O–H groups in total. The van der Waals surface area contributed by atoms with Gasteiger partial charge in [0.25, 0.3) is 5.91 Å².